The number of ether oxygens (including phenoxy) is 1. The third-order valence-corrected chi connectivity index (χ3v) is 1.37. The van der Waals surface area contributed by atoms with Gasteiger partial charge in [-0.15, -0.1) is 0 Å². The van der Waals surface area contributed by atoms with Gasteiger partial charge in [-0.1, -0.05) is 25.4 Å². The van der Waals surface area contributed by atoms with E-state index in [1.54, 1.807) is 0 Å². The van der Waals surface area contributed by atoms with Gasteiger partial charge in [0.05, 0.1) is 6.10 Å². The Morgan fingerprint density at radius 1 is 1.50 bits per heavy atom. The lowest BCUT2D eigenvalue weighted by molar-refractivity contribution is 0.0938. The molecule has 0 bridgehead atoms. The highest BCUT2D eigenvalue weighted by atomic mass is 16.5. The first-order valence-electron chi connectivity index (χ1n) is 4.13. The Balaban J connectivity index is 3.48. The van der Waals surface area contributed by atoms with E-state index < -0.39 is 0 Å². The van der Waals surface area contributed by atoms with E-state index in [0.29, 0.717) is 6.10 Å². The van der Waals surface area contributed by atoms with Crippen LogP contribution in [0.3, 0.4) is 0 Å². The summed E-state index contributed by atoms with van der Waals surface area (Å²) in [5.74, 6) is 0. The summed E-state index contributed by atoms with van der Waals surface area (Å²) in [7, 11) is 2.13. The Morgan fingerprint density at radius 2 is 2.20 bits per heavy atom. The van der Waals surface area contributed by atoms with Crippen molar-refractivity contribution in [3.8, 4) is 0 Å². The normalized spacial score (nSPS) is 14.2. The fourth-order valence-electron chi connectivity index (χ4n) is 0.811. The number of rotatable bonds is 5. The summed E-state index contributed by atoms with van der Waals surface area (Å²) in [6, 6.07) is 0. The van der Waals surface area contributed by atoms with E-state index in [1.165, 1.54) is 0 Å². The van der Waals surface area contributed by atoms with Crippen molar-refractivity contribution in [2.24, 2.45) is 0 Å². The van der Waals surface area contributed by atoms with Crippen LogP contribution in [0.1, 0.15) is 20.3 Å². The van der Waals surface area contributed by atoms with Gasteiger partial charge in [-0.05, 0) is 13.3 Å². The van der Waals surface area contributed by atoms with Gasteiger partial charge < -0.3 is 4.74 Å². The molecular weight excluding hydrogens is 123 g/mol. The molecule has 0 spiro atoms. The van der Waals surface area contributed by atoms with Gasteiger partial charge in [0.2, 0.25) is 0 Å². The maximum atomic E-state index is 5.41. The standard InChI is InChI=1S/C8H17BO/c1-3-8(10-4-2)6-5-7-9/h5-6,8H,3-4,7,9H2,1-2H3/b6-5+. The summed E-state index contributed by atoms with van der Waals surface area (Å²) in [6.07, 6.45) is 6.81. The predicted molar refractivity (Wildman–Crippen MR) is 48.2 cm³/mol. The lowest BCUT2D eigenvalue weighted by atomic mass is 10.0. The van der Waals surface area contributed by atoms with Gasteiger partial charge in [0.15, 0.2) is 0 Å². The molecular formula is C8H17BO. The maximum Gasteiger partial charge on any atom is 0.106 e. The van der Waals surface area contributed by atoms with Crippen LogP contribution in [0.15, 0.2) is 12.2 Å². The third kappa shape index (κ3) is 4.63. The summed E-state index contributed by atoms with van der Waals surface area (Å²) >= 11 is 0. The largest absolute Gasteiger partial charge is 0.374 e. The van der Waals surface area contributed by atoms with E-state index in [0.717, 1.165) is 19.3 Å². The predicted octanol–water partition coefficient (Wildman–Crippen LogP) is 1.41. The first kappa shape index (κ1) is 9.76. The van der Waals surface area contributed by atoms with E-state index >= 15 is 0 Å². The molecule has 0 saturated carbocycles. The minimum atomic E-state index is 0.338. The van der Waals surface area contributed by atoms with Crippen molar-refractivity contribution in [2.45, 2.75) is 32.7 Å². The average Bonchev–Trinajstić information content (AvgIpc) is 1.98. The Kier molecular flexibility index (Phi) is 6.72. The molecule has 0 amide bonds. The van der Waals surface area contributed by atoms with Crippen LogP contribution < -0.4 is 0 Å². The molecule has 0 N–H and O–H groups in total. The molecule has 0 rings (SSSR count). The molecule has 0 radical (unpaired) electrons. The van der Waals surface area contributed by atoms with Crippen molar-refractivity contribution in [3.63, 3.8) is 0 Å². The van der Waals surface area contributed by atoms with Crippen molar-refractivity contribution < 1.29 is 4.74 Å². The van der Waals surface area contributed by atoms with Crippen molar-refractivity contribution >= 4 is 7.85 Å². The summed E-state index contributed by atoms with van der Waals surface area (Å²) in [5, 5.41) is 0. The Morgan fingerprint density at radius 3 is 2.60 bits per heavy atom. The zero-order chi connectivity index (χ0) is 7.82. The van der Waals surface area contributed by atoms with Gasteiger partial charge in [0.25, 0.3) is 0 Å². The molecule has 2 heteroatoms. The highest BCUT2D eigenvalue weighted by molar-refractivity contribution is 6.09. The van der Waals surface area contributed by atoms with Gasteiger partial charge in [0.1, 0.15) is 7.85 Å². The summed E-state index contributed by atoms with van der Waals surface area (Å²) < 4.78 is 5.41. The smallest absolute Gasteiger partial charge is 0.106 e. The van der Waals surface area contributed by atoms with Crippen molar-refractivity contribution in [1.82, 2.24) is 0 Å². The minimum Gasteiger partial charge on any atom is -0.374 e. The Labute approximate surface area is 64.9 Å². The molecule has 0 fully saturated rings. The second kappa shape index (κ2) is 6.88. The van der Waals surface area contributed by atoms with Gasteiger partial charge in [-0.25, -0.2) is 0 Å². The van der Waals surface area contributed by atoms with Crippen LogP contribution in [0.25, 0.3) is 0 Å². The SMILES string of the molecule is BC/C=C/C(CC)OCC. The van der Waals surface area contributed by atoms with Crippen LogP contribution in [0.2, 0.25) is 6.32 Å². The molecule has 0 heterocycles. The van der Waals surface area contributed by atoms with Gasteiger partial charge >= 0.3 is 0 Å². The van der Waals surface area contributed by atoms with E-state index in [9.17, 15) is 0 Å². The first-order valence-corrected chi connectivity index (χ1v) is 4.13. The molecule has 1 atom stereocenters. The van der Waals surface area contributed by atoms with Crippen molar-refractivity contribution in [1.29, 1.82) is 0 Å². The van der Waals surface area contributed by atoms with Crippen LogP contribution in [0.5, 0.6) is 0 Å². The lowest BCUT2D eigenvalue weighted by Gasteiger charge is -2.08. The third-order valence-electron chi connectivity index (χ3n) is 1.37. The molecule has 0 aliphatic carbocycles. The summed E-state index contributed by atoms with van der Waals surface area (Å²) in [5.41, 5.74) is 0. The number of hydrogen-bond acceptors (Lipinski definition) is 1. The molecule has 10 heavy (non-hydrogen) atoms. The van der Waals surface area contributed by atoms with E-state index in [-0.39, 0.29) is 0 Å². The maximum absolute atomic E-state index is 5.41. The van der Waals surface area contributed by atoms with Crippen LogP contribution in [0.4, 0.5) is 0 Å². The second-order valence-corrected chi connectivity index (χ2v) is 2.24. The second-order valence-electron chi connectivity index (χ2n) is 2.24. The van der Waals surface area contributed by atoms with Crippen LogP contribution in [-0.2, 0) is 4.74 Å². The summed E-state index contributed by atoms with van der Waals surface area (Å²) in [4.78, 5) is 0. The number of hydrogen-bond donors (Lipinski definition) is 0. The van der Waals surface area contributed by atoms with Gasteiger partial charge in [-0.2, -0.15) is 0 Å². The average molecular weight is 140 g/mol. The molecule has 1 nitrogen and oxygen atoms in total. The lowest BCUT2D eigenvalue weighted by Crippen LogP contribution is -2.07. The Hall–Kier alpha value is -0.235. The van der Waals surface area contributed by atoms with Crippen molar-refractivity contribution in [3.05, 3.63) is 12.2 Å². The molecule has 0 saturated heterocycles. The van der Waals surface area contributed by atoms with E-state index in [2.05, 4.69) is 26.9 Å². The molecule has 0 aromatic heterocycles. The van der Waals surface area contributed by atoms with Crippen LogP contribution in [0, 0.1) is 0 Å². The zero-order valence-electron chi connectivity index (χ0n) is 7.26. The molecule has 0 aromatic rings. The highest BCUT2D eigenvalue weighted by Gasteiger charge is 1.97. The van der Waals surface area contributed by atoms with Gasteiger partial charge in [-0.3, -0.25) is 0 Å². The van der Waals surface area contributed by atoms with E-state index in [4.69, 9.17) is 4.74 Å². The first-order chi connectivity index (χ1) is 4.85. The van der Waals surface area contributed by atoms with Gasteiger partial charge in [0, 0.05) is 6.61 Å². The highest BCUT2D eigenvalue weighted by Crippen LogP contribution is 1.99. The zero-order valence-corrected chi connectivity index (χ0v) is 7.26. The van der Waals surface area contributed by atoms with Crippen molar-refractivity contribution in [2.75, 3.05) is 6.61 Å². The molecule has 1 unspecified atom stereocenters. The topological polar surface area (TPSA) is 9.23 Å². The quantitative estimate of drug-likeness (QED) is 0.414. The fourth-order valence-corrected chi connectivity index (χ4v) is 0.811. The fraction of sp³-hybridized carbons (Fsp3) is 0.750. The molecule has 58 valence electrons. The minimum absolute atomic E-state index is 0.338. The molecule has 0 aliphatic rings. The molecule has 0 aromatic carbocycles. The number of allylic oxidation sites excluding steroid dienone is 1. The monoisotopic (exact) mass is 140 g/mol. The molecule has 0 aliphatic heterocycles. The van der Waals surface area contributed by atoms with E-state index in [1.807, 2.05) is 6.92 Å². The van der Waals surface area contributed by atoms with Crippen LogP contribution >= 0.6 is 0 Å². The summed E-state index contributed by atoms with van der Waals surface area (Å²) in [6.45, 7) is 4.98. The Bertz CT molecular complexity index is 91.3. The van der Waals surface area contributed by atoms with Crippen LogP contribution in [-0.4, -0.2) is 20.6 Å².